The molecule has 2 aliphatic rings. The van der Waals surface area contributed by atoms with Crippen LogP contribution in [-0.4, -0.2) is 23.3 Å². The van der Waals surface area contributed by atoms with Gasteiger partial charge in [0.25, 0.3) is 0 Å². The highest BCUT2D eigenvalue weighted by Gasteiger charge is 2.49. The molecular weight excluding hydrogens is 218 g/mol. The molecule has 0 aromatic carbocycles. The zero-order valence-corrected chi connectivity index (χ0v) is 10.2. The lowest BCUT2D eigenvalue weighted by Crippen LogP contribution is -2.31. The zero-order chi connectivity index (χ0) is 11.9. The van der Waals surface area contributed by atoms with E-state index < -0.39 is 0 Å². The first kappa shape index (κ1) is 11.2. The quantitative estimate of drug-likeness (QED) is 0.861. The van der Waals surface area contributed by atoms with Crippen molar-refractivity contribution in [3.8, 4) is 0 Å². The number of nitrogens with two attached hydrogens (primary N) is 1. The highest BCUT2D eigenvalue weighted by Crippen LogP contribution is 2.47. The first-order valence-electron chi connectivity index (χ1n) is 6.37. The summed E-state index contributed by atoms with van der Waals surface area (Å²) in [6.45, 7) is 3.41. The molecule has 2 N–H and O–H groups in total. The molecule has 94 valence electrons. The first-order valence-corrected chi connectivity index (χ1v) is 6.37. The van der Waals surface area contributed by atoms with Gasteiger partial charge in [0.1, 0.15) is 5.60 Å². The van der Waals surface area contributed by atoms with Crippen LogP contribution in [0.5, 0.6) is 0 Å². The maximum Gasteiger partial charge on any atom is 0.234 e. The Labute approximate surface area is 101 Å². The molecule has 0 amide bonds. The number of ether oxygens (including phenoxy) is 1. The normalized spacial score (nSPS) is 31.4. The van der Waals surface area contributed by atoms with Crippen LogP contribution in [0.1, 0.15) is 50.7 Å². The number of hydrogen-bond acceptors (Lipinski definition) is 5. The van der Waals surface area contributed by atoms with Crippen LogP contribution in [0.4, 0.5) is 0 Å². The van der Waals surface area contributed by atoms with E-state index in [0.29, 0.717) is 18.3 Å². The van der Waals surface area contributed by atoms with E-state index in [1.807, 2.05) is 6.92 Å². The Morgan fingerprint density at radius 3 is 2.71 bits per heavy atom. The van der Waals surface area contributed by atoms with Gasteiger partial charge in [-0.1, -0.05) is 5.16 Å². The zero-order valence-electron chi connectivity index (χ0n) is 10.2. The van der Waals surface area contributed by atoms with Crippen LogP contribution in [0.15, 0.2) is 4.52 Å². The summed E-state index contributed by atoms with van der Waals surface area (Å²) < 4.78 is 11.2. The summed E-state index contributed by atoms with van der Waals surface area (Å²) in [6, 6.07) is 0. The van der Waals surface area contributed by atoms with Crippen LogP contribution < -0.4 is 5.73 Å². The molecule has 0 spiro atoms. The van der Waals surface area contributed by atoms with Gasteiger partial charge in [-0.3, -0.25) is 0 Å². The maximum atomic E-state index is 5.82. The molecule has 5 heteroatoms. The monoisotopic (exact) mass is 237 g/mol. The van der Waals surface area contributed by atoms with Crippen molar-refractivity contribution in [2.24, 2.45) is 5.73 Å². The van der Waals surface area contributed by atoms with Crippen molar-refractivity contribution in [3.63, 3.8) is 0 Å². The molecule has 1 unspecified atom stereocenters. The smallest absolute Gasteiger partial charge is 0.234 e. The fourth-order valence-electron chi connectivity index (χ4n) is 2.42. The second-order valence-electron chi connectivity index (χ2n) is 5.44. The third-order valence-corrected chi connectivity index (χ3v) is 4.07. The molecule has 17 heavy (non-hydrogen) atoms. The predicted molar refractivity (Wildman–Crippen MR) is 61.4 cm³/mol. The minimum absolute atomic E-state index is 0.0315. The highest BCUT2D eigenvalue weighted by atomic mass is 16.5. The van der Waals surface area contributed by atoms with Crippen LogP contribution in [0.3, 0.4) is 0 Å². The van der Waals surface area contributed by atoms with Crippen molar-refractivity contribution >= 4 is 0 Å². The van der Waals surface area contributed by atoms with Crippen molar-refractivity contribution in [2.45, 2.75) is 50.0 Å². The van der Waals surface area contributed by atoms with E-state index >= 15 is 0 Å². The van der Waals surface area contributed by atoms with Crippen molar-refractivity contribution < 1.29 is 9.26 Å². The number of rotatable bonds is 3. The van der Waals surface area contributed by atoms with E-state index in [1.165, 1.54) is 0 Å². The Balaban J connectivity index is 1.84. The summed E-state index contributed by atoms with van der Waals surface area (Å²) in [5.41, 5.74) is 5.36. The van der Waals surface area contributed by atoms with Crippen LogP contribution in [0.25, 0.3) is 0 Å². The van der Waals surface area contributed by atoms with Gasteiger partial charge in [-0.05, 0) is 39.0 Å². The fraction of sp³-hybridized carbons (Fsp3) is 0.833. The molecule has 1 aromatic heterocycles. The largest absolute Gasteiger partial charge is 0.367 e. The first-order chi connectivity index (χ1) is 8.19. The molecular formula is C12H19N3O2. The van der Waals surface area contributed by atoms with Crippen LogP contribution >= 0.6 is 0 Å². The van der Waals surface area contributed by atoms with Gasteiger partial charge in [0.2, 0.25) is 11.7 Å². The van der Waals surface area contributed by atoms with E-state index in [4.69, 9.17) is 15.0 Å². The molecule has 1 saturated heterocycles. The van der Waals surface area contributed by atoms with Gasteiger partial charge in [0.15, 0.2) is 0 Å². The minimum Gasteiger partial charge on any atom is -0.367 e. The molecule has 1 atom stereocenters. The van der Waals surface area contributed by atoms with Gasteiger partial charge in [0.05, 0.1) is 5.41 Å². The lowest BCUT2D eigenvalue weighted by molar-refractivity contribution is -0.0770. The fourth-order valence-corrected chi connectivity index (χ4v) is 2.42. The maximum absolute atomic E-state index is 5.82. The Hall–Kier alpha value is -0.940. The van der Waals surface area contributed by atoms with Crippen LogP contribution in [0.2, 0.25) is 0 Å². The average molecular weight is 237 g/mol. The molecule has 1 saturated carbocycles. The molecule has 0 bridgehead atoms. The Morgan fingerprint density at radius 1 is 1.29 bits per heavy atom. The third kappa shape index (κ3) is 1.77. The van der Waals surface area contributed by atoms with E-state index in [0.717, 1.165) is 38.7 Å². The Morgan fingerprint density at radius 2 is 2.12 bits per heavy atom. The van der Waals surface area contributed by atoms with Crippen molar-refractivity contribution in [3.05, 3.63) is 11.7 Å². The Bertz CT molecular complexity index is 406. The van der Waals surface area contributed by atoms with Crippen molar-refractivity contribution in [1.29, 1.82) is 0 Å². The average Bonchev–Trinajstić information content (AvgIpc) is 2.98. The van der Waals surface area contributed by atoms with Crippen LogP contribution in [0, 0.1) is 0 Å². The summed E-state index contributed by atoms with van der Waals surface area (Å²) in [4.78, 5) is 4.53. The topological polar surface area (TPSA) is 74.2 Å². The SMILES string of the molecule is CC1(c2noc(C3(CN)CC3)n2)CCCCO1. The highest BCUT2D eigenvalue weighted by molar-refractivity contribution is 5.17. The molecule has 2 heterocycles. The minimum atomic E-state index is -0.370. The van der Waals surface area contributed by atoms with E-state index in [1.54, 1.807) is 0 Å². The van der Waals surface area contributed by atoms with Gasteiger partial charge in [0, 0.05) is 13.2 Å². The summed E-state index contributed by atoms with van der Waals surface area (Å²) in [6.07, 6.45) is 5.35. The molecule has 2 fully saturated rings. The molecule has 5 nitrogen and oxygen atoms in total. The van der Waals surface area contributed by atoms with Crippen LogP contribution in [-0.2, 0) is 15.8 Å². The third-order valence-electron chi connectivity index (χ3n) is 4.07. The summed E-state index contributed by atoms with van der Waals surface area (Å²) in [5.74, 6) is 1.39. The summed E-state index contributed by atoms with van der Waals surface area (Å²) >= 11 is 0. The lowest BCUT2D eigenvalue weighted by Gasteiger charge is -2.30. The second-order valence-corrected chi connectivity index (χ2v) is 5.44. The number of hydrogen-bond donors (Lipinski definition) is 1. The predicted octanol–water partition coefficient (Wildman–Crippen LogP) is 1.48. The lowest BCUT2D eigenvalue weighted by atomic mass is 9.95. The summed E-state index contributed by atoms with van der Waals surface area (Å²) in [5, 5.41) is 4.10. The van der Waals surface area contributed by atoms with Gasteiger partial charge in [-0.25, -0.2) is 0 Å². The molecule has 0 radical (unpaired) electrons. The van der Waals surface area contributed by atoms with E-state index in [-0.39, 0.29) is 11.0 Å². The van der Waals surface area contributed by atoms with Gasteiger partial charge in [-0.15, -0.1) is 0 Å². The van der Waals surface area contributed by atoms with Crippen molar-refractivity contribution in [2.75, 3.05) is 13.2 Å². The van der Waals surface area contributed by atoms with E-state index in [9.17, 15) is 0 Å². The standard InChI is InChI=1S/C12H19N3O2/c1-11(4-2-3-7-16-11)9-14-10(17-15-9)12(8-13)5-6-12/h2-8,13H2,1H3. The molecule has 1 aromatic rings. The molecule has 1 aliphatic heterocycles. The molecule has 3 rings (SSSR count). The van der Waals surface area contributed by atoms with Gasteiger partial charge < -0.3 is 15.0 Å². The number of aromatic nitrogens is 2. The summed E-state index contributed by atoms with van der Waals surface area (Å²) in [7, 11) is 0. The van der Waals surface area contributed by atoms with Crippen molar-refractivity contribution in [1.82, 2.24) is 10.1 Å². The second kappa shape index (κ2) is 3.78. The van der Waals surface area contributed by atoms with Gasteiger partial charge >= 0.3 is 0 Å². The number of nitrogens with zero attached hydrogens (tertiary/aromatic N) is 2. The Kier molecular flexibility index (Phi) is 2.48. The molecule has 1 aliphatic carbocycles. The van der Waals surface area contributed by atoms with Gasteiger partial charge in [-0.2, -0.15) is 4.98 Å². The van der Waals surface area contributed by atoms with E-state index in [2.05, 4.69) is 10.1 Å².